The molecule has 2 atom stereocenters. The molecule has 1 aliphatic carbocycles. The molecule has 3 rings (SSSR count). The van der Waals surface area contributed by atoms with Gasteiger partial charge in [-0.1, -0.05) is 19.1 Å². The van der Waals surface area contributed by atoms with Crippen molar-refractivity contribution in [1.29, 1.82) is 0 Å². The van der Waals surface area contributed by atoms with E-state index in [2.05, 4.69) is 12.0 Å². The van der Waals surface area contributed by atoms with Crippen LogP contribution in [0.2, 0.25) is 0 Å². The van der Waals surface area contributed by atoms with Crippen molar-refractivity contribution < 1.29 is 9.18 Å². The van der Waals surface area contributed by atoms with Gasteiger partial charge in [-0.25, -0.2) is 4.39 Å². The van der Waals surface area contributed by atoms with Crippen LogP contribution in [-0.4, -0.2) is 33.7 Å². The molecule has 1 aliphatic rings. The molecule has 0 unspecified atom stereocenters. The second-order valence-corrected chi connectivity index (χ2v) is 6.60. The molecule has 0 N–H and O–H groups in total. The lowest BCUT2D eigenvalue weighted by Gasteiger charge is -2.22. The van der Waals surface area contributed by atoms with E-state index in [1.54, 1.807) is 16.8 Å². The zero-order valence-electron chi connectivity index (χ0n) is 14.3. The van der Waals surface area contributed by atoms with Gasteiger partial charge in [0.15, 0.2) is 0 Å². The van der Waals surface area contributed by atoms with Gasteiger partial charge in [-0.05, 0) is 48.4 Å². The average Bonchev–Trinajstić information content (AvgIpc) is 3.25. The number of halogens is 1. The van der Waals surface area contributed by atoms with Crippen LogP contribution in [0.15, 0.2) is 36.7 Å². The van der Waals surface area contributed by atoms with Gasteiger partial charge in [-0.2, -0.15) is 5.10 Å². The predicted molar refractivity (Wildman–Crippen MR) is 91.0 cm³/mol. The summed E-state index contributed by atoms with van der Waals surface area (Å²) in [6.45, 7) is 3.48. The van der Waals surface area contributed by atoms with Crippen molar-refractivity contribution in [2.75, 3.05) is 13.1 Å². The molecule has 1 amide bonds. The lowest BCUT2D eigenvalue weighted by Crippen LogP contribution is -2.35. The number of nitrogens with zero attached hydrogens (tertiary/aromatic N) is 3. The Morgan fingerprint density at radius 3 is 2.92 bits per heavy atom. The molecule has 128 valence electrons. The second kappa shape index (κ2) is 7.16. The third-order valence-electron chi connectivity index (χ3n) is 4.63. The fourth-order valence-electron chi connectivity index (χ4n) is 3.26. The summed E-state index contributed by atoms with van der Waals surface area (Å²) < 4.78 is 15.1. The molecule has 0 aliphatic heterocycles. The van der Waals surface area contributed by atoms with Crippen molar-refractivity contribution in [3.05, 3.63) is 53.6 Å². The first-order valence-corrected chi connectivity index (χ1v) is 8.60. The van der Waals surface area contributed by atoms with Crippen molar-refractivity contribution in [2.45, 2.75) is 32.1 Å². The quantitative estimate of drug-likeness (QED) is 0.783. The van der Waals surface area contributed by atoms with Gasteiger partial charge in [-0.15, -0.1) is 0 Å². The van der Waals surface area contributed by atoms with Crippen LogP contribution in [-0.2, 0) is 18.3 Å². The van der Waals surface area contributed by atoms with Gasteiger partial charge in [0.2, 0.25) is 5.91 Å². The number of carbonyl (C=O) groups excluding carboxylic acids is 1. The first-order valence-electron chi connectivity index (χ1n) is 8.60. The summed E-state index contributed by atoms with van der Waals surface area (Å²) in [6, 6.07) is 6.62. The van der Waals surface area contributed by atoms with Gasteiger partial charge >= 0.3 is 0 Å². The van der Waals surface area contributed by atoms with E-state index in [0.29, 0.717) is 18.9 Å². The summed E-state index contributed by atoms with van der Waals surface area (Å²) in [7, 11) is 1.89. The zero-order valence-corrected chi connectivity index (χ0v) is 14.3. The SMILES string of the molecule is CCCN(CCc1cccc(F)c1)C(=O)[C@H]1C[C@@H]1c1cnn(C)c1. The van der Waals surface area contributed by atoms with Crippen molar-refractivity contribution in [3.8, 4) is 0 Å². The molecule has 4 nitrogen and oxygen atoms in total. The number of aryl methyl sites for hydroxylation is 1. The first kappa shape index (κ1) is 16.7. The zero-order chi connectivity index (χ0) is 17.1. The van der Waals surface area contributed by atoms with Gasteiger partial charge in [0.1, 0.15) is 5.82 Å². The van der Waals surface area contributed by atoms with Crippen molar-refractivity contribution in [1.82, 2.24) is 14.7 Å². The van der Waals surface area contributed by atoms with E-state index in [-0.39, 0.29) is 17.6 Å². The fraction of sp³-hybridized carbons (Fsp3) is 0.474. The maximum Gasteiger partial charge on any atom is 0.226 e. The largest absolute Gasteiger partial charge is 0.342 e. The Morgan fingerprint density at radius 2 is 2.25 bits per heavy atom. The monoisotopic (exact) mass is 329 g/mol. The highest BCUT2D eigenvalue weighted by Crippen LogP contribution is 2.48. The van der Waals surface area contributed by atoms with E-state index in [4.69, 9.17) is 0 Å². The van der Waals surface area contributed by atoms with Gasteiger partial charge in [0.05, 0.1) is 6.20 Å². The average molecular weight is 329 g/mol. The number of rotatable bonds is 7. The molecule has 24 heavy (non-hydrogen) atoms. The number of hydrogen-bond donors (Lipinski definition) is 0. The molecule has 1 heterocycles. The van der Waals surface area contributed by atoms with Gasteiger partial charge in [0.25, 0.3) is 0 Å². The van der Waals surface area contributed by atoms with Crippen LogP contribution in [0.3, 0.4) is 0 Å². The first-order chi connectivity index (χ1) is 11.6. The Balaban J connectivity index is 1.60. The van der Waals surface area contributed by atoms with Gasteiger partial charge in [0, 0.05) is 32.3 Å². The van der Waals surface area contributed by atoms with E-state index in [0.717, 1.165) is 30.5 Å². The van der Waals surface area contributed by atoms with Crippen LogP contribution in [0.1, 0.15) is 36.8 Å². The van der Waals surface area contributed by atoms with Crippen LogP contribution in [0.5, 0.6) is 0 Å². The Hall–Kier alpha value is -2.17. The van der Waals surface area contributed by atoms with Crippen LogP contribution in [0, 0.1) is 11.7 Å². The second-order valence-electron chi connectivity index (χ2n) is 6.60. The molecule has 0 saturated heterocycles. The van der Waals surface area contributed by atoms with E-state index in [1.165, 1.54) is 6.07 Å². The van der Waals surface area contributed by atoms with Crippen LogP contribution >= 0.6 is 0 Å². The minimum absolute atomic E-state index is 0.0771. The van der Waals surface area contributed by atoms with Crippen LogP contribution in [0.4, 0.5) is 4.39 Å². The summed E-state index contributed by atoms with van der Waals surface area (Å²) in [5.74, 6) is 0.384. The number of carbonyl (C=O) groups is 1. The highest BCUT2D eigenvalue weighted by Gasteiger charge is 2.46. The van der Waals surface area contributed by atoms with Crippen LogP contribution in [0.25, 0.3) is 0 Å². The summed E-state index contributed by atoms with van der Waals surface area (Å²) in [5.41, 5.74) is 2.08. The minimum Gasteiger partial charge on any atom is -0.342 e. The summed E-state index contributed by atoms with van der Waals surface area (Å²) >= 11 is 0. The topological polar surface area (TPSA) is 38.1 Å². The van der Waals surface area contributed by atoms with Gasteiger partial charge < -0.3 is 4.90 Å². The predicted octanol–water partition coefficient (Wildman–Crippen LogP) is 3.14. The van der Waals surface area contributed by atoms with Crippen LogP contribution < -0.4 is 0 Å². The normalized spacial score (nSPS) is 19.3. The van der Waals surface area contributed by atoms with E-state index < -0.39 is 0 Å². The molecule has 1 fully saturated rings. The molecule has 0 bridgehead atoms. The highest BCUT2D eigenvalue weighted by atomic mass is 19.1. The molecule has 2 aromatic rings. The number of benzene rings is 1. The lowest BCUT2D eigenvalue weighted by molar-refractivity contribution is -0.132. The molecule has 0 radical (unpaired) electrons. The molecular weight excluding hydrogens is 305 g/mol. The molecule has 0 spiro atoms. The molecular formula is C19H24FN3O. The third kappa shape index (κ3) is 3.83. The van der Waals surface area contributed by atoms with E-state index in [9.17, 15) is 9.18 Å². The molecule has 1 saturated carbocycles. The smallest absolute Gasteiger partial charge is 0.226 e. The van der Waals surface area contributed by atoms with Crippen molar-refractivity contribution in [3.63, 3.8) is 0 Å². The maximum atomic E-state index is 13.3. The molecule has 1 aromatic carbocycles. The fourth-order valence-corrected chi connectivity index (χ4v) is 3.26. The summed E-state index contributed by atoms with van der Waals surface area (Å²) in [6.07, 6.45) is 6.38. The number of amides is 1. The van der Waals surface area contributed by atoms with Gasteiger partial charge in [-0.3, -0.25) is 9.48 Å². The summed E-state index contributed by atoms with van der Waals surface area (Å²) in [5, 5.41) is 4.19. The van der Waals surface area contributed by atoms with E-state index in [1.807, 2.05) is 30.4 Å². The Kier molecular flexibility index (Phi) is 4.97. The third-order valence-corrected chi connectivity index (χ3v) is 4.63. The Labute approximate surface area is 142 Å². The Bertz CT molecular complexity index is 712. The lowest BCUT2D eigenvalue weighted by atomic mass is 10.1. The summed E-state index contributed by atoms with van der Waals surface area (Å²) in [4.78, 5) is 14.7. The number of aromatic nitrogens is 2. The molecule has 1 aromatic heterocycles. The highest BCUT2D eigenvalue weighted by molar-refractivity contribution is 5.83. The van der Waals surface area contributed by atoms with E-state index >= 15 is 0 Å². The maximum absolute atomic E-state index is 13.3. The van der Waals surface area contributed by atoms with Crippen molar-refractivity contribution >= 4 is 5.91 Å². The standard InChI is InChI=1S/C19H24FN3O/c1-3-8-23(9-7-14-5-4-6-16(20)10-14)19(24)18-11-17(18)15-12-21-22(2)13-15/h4-6,10,12-13,17-18H,3,7-9,11H2,1-2H3/t17-,18+/m1/s1. The van der Waals surface area contributed by atoms with Crippen molar-refractivity contribution in [2.24, 2.45) is 13.0 Å². The number of hydrogen-bond acceptors (Lipinski definition) is 2. The minimum atomic E-state index is -0.222. The Morgan fingerprint density at radius 1 is 1.42 bits per heavy atom. The molecule has 5 heteroatoms.